The molecule has 15 heavy (non-hydrogen) atoms. The first-order valence-corrected chi connectivity index (χ1v) is 6.03. The Hall–Kier alpha value is -0.850. The first-order valence-electron chi connectivity index (χ1n) is 6.03. The highest BCUT2D eigenvalue weighted by molar-refractivity contribution is 5.73. The van der Waals surface area contributed by atoms with Crippen molar-refractivity contribution in [1.82, 2.24) is 0 Å². The van der Waals surface area contributed by atoms with Crippen LogP contribution in [-0.4, -0.2) is 6.29 Å². The van der Waals surface area contributed by atoms with Gasteiger partial charge < -0.3 is 0 Å². The molecule has 0 aromatic carbocycles. The smallest absolute Gasteiger partial charge is 0.145 e. The summed E-state index contributed by atoms with van der Waals surface area (Å²) in [6.07, 6.45) is 9.71. The third-order valence-electron chi connectivity index (χ3n) is 4.11. The predicted molar refractivity (Wildman–Crippen MR) is 62.5 cm³/mol. The fourth-order valence-corrected chi connectivity index (χ4v) is 3.25. The van der Waals surface area contributed by atoms with E-state index in [-0.39, 0.29) is 0 Å². The molecule has 1 fully saturated rings. The minimum absolute atomic E-state index is 0.427. The van der Waals surface area contributed by atoms with Gasteiger partial charge in [0.25, 0.3) is 0 Å². The second-order valence-electron chi connectivity index (χ2n) is 5.12. The number of rotatable bonds is 2. The second kappa shape index (κ2) is 4.34. The van der Waals surface area contributed by atoms with Crippen molar-refractivity contribution in [3.8, 4) is 0 Å². The summed E-state index contributed by atoms with van der Waals surface area (Å²) in [5.74, 6) is 1.84. The van der Waals surface area contributed by atoms with E-state index in [0.717, 1.165) is 24.2 Å². The van der Waals surface area contributed by atoms with Crippen molar-refractivity contribution in [3.63, 3.8) is 0 Å². The molecule has 1 nitrogen and oxygen atoms in total. The Labute approximate surface area is 92.3 Å². The van der Waals surface area contributed by atoms with Gasteiger partial charge in [-0.15, -0.1) is 0 Å². The van der Waals surface area contributed by atoms with Gasteiger partial charge in [-0.2, -0.15) is 0 Å². The van der Waals surface area contributed by atoms with Gasteiger partial charge in [0.2, 0.25) is 0 Å². The van der Waals surface area contributed by atoms with Gasteiger partial charge in [-0.25, -0.2) is 0 Å². The maximum Gasteiger partial charge on any atom is 0.145 e. The Kier molecular flexibility index (Phi) is 3.08. The van der Waals surface area contributed by atoms with E-state index >= 15 is 0 Å². The summed E-state index contributed by atoms with van der Waals surface area (Å²) >= 11 is 0. The van der Waals surface area contributed by atoms with E-state index < -0.39 is 0 Å². The highest BCUT2D eigenvalue weighted by Gasteiger charge is 2.34. The first kappa shape index (κ1) is 10.7. The molecule has 0 aliphatic heterocycles. The fraction of sp³-hybridized carbons (Fsp3) is 0.643. The van der Waals surface area contributed by atoms with Gasteiger partial charge in [-0.05, 0) is 55.9 Å². The molecular weight excluding hydrogens is 184 g/mol. The van der Waals surface area contributed by atoms with E-state index in [2.05, 4.69) is 19.6 Å². The standard InChI is InChI=1S/C14H20O/c1-10-6-7-12-4-3-5-13(11(2)9-15)14(12)8-10/h8-9,12-14H,2-7H2,1H3. The topological polar surface area (TPSA) is 17.1 Å². The Morgan fingerprint density at radius 2 is 2.27 bits per heavy atom. The molecule has 3 atom stereocenters. The number of carbonyl (C=O) groups excluding carboxylic acids is 1. The molecule has 0 saturated heterocycles. The average molecular weight is 204 g/mol. The van der Waals surface area contributed by atoms with Crippen LogP contribution in [0.15, 0.2) is 23.8 Å². The minimum atomic E-state index is 0.427. The third kappa shape index (κ3) is 2.06. The summed E-state index contributed by atoms with van der Waals surface area (Å²) < 4.78 is 0. The summed E-state index contributed by atoms with van der Waals surface area (Å²) in [5, 5.41) is 0. The quantitative estimate of drug-likeness (QED) is 0.382. The Morgan fingerprint density at radius 1 is 1.47 bits per heavy atom. The number of allylic oxidation sites excluding steroid dienone is 3. The molecular formula is C14H20O. The van der Waals surface area contributed by atoms with Crippen molar-refractivity contribution in [2.45, 2.75) is 39.0 Å². The molecule has 0 spiro atoms. The summed E-state index contributed by atoms with van der Waals surface area (Å²) in [6.45, 7) is 6.13. The van der Waals surface area contributed by atoms with E-state index in [1.165, 1.54) is 31.3 Å². The first-order chi connectivity index (χ1) is 7.22. The molecule has 0 aromatic heterocycles. The zero-order valence-corrected chi connectivity index (χ0v) is 9.54. The van der Waals surface area contributed by atoms with E-state index in [4.69, 9.17) is 0 Å². The molecule has 0 radical (unpaired) electrons. The number of aldehydes is 1. The summed E-state index contributed by atoms with van der Waals surface area (Å²) in [4.78, 5) is 10.8. The normalized spacial score (nSPS) is 35.3. The van der Waals surface area contributed by atoms with E-state index in [1.807, 2.05) is 0 Å². The number of hydrogen-bond acceptors (Lipinski definition) is 1. The van der Waals surface area contributed by atoms with Gasteiger partial charge in [0.1, 0.15) is 6.29 Å². The molecule has 1 saturated carbocycles. The van der Waals surface area contributed by atoms with Crippen molar-refractivity contribution < 1.29 is 4.79 Å². The van der Waals surface area contributed by atoms with Crippen LogP contribution in [0.2, 0.25) is 0 Å². The van der Waals surface area contributed by atoms with Crippen LogP contribution in [0.1, 0.15) is 39.0 Å². The van der Waals surface area contributed by atoms with Crippen LogP contribution in [0.25, 0.3) is 0 Å². The molecule has 0 N–H and O–H groups in total. The zero-order valence-electron chi connectivity index (χ0n) is 9.54. The third-order valence-corrected chi connectivity index (χ3v) is 4.11. The molecule has 82 valence electrons. The van der Waals surface area contributed by atoms with Crippen LogP contribution in [0.3, 0.4) is 0 Å². The van der Waals surface area contributed by atoms with Gasteiger partial charge in [-0.3, -0.25) is 4.79 Å². The lowest BCUT2D eigenvalue weighted by molar-refractivity contribution is -0.105. The molecule has 0 amide bonds. The lowest BCUT2D eigenvalue weighted by Gasteiger charge is -2.39. The Morgan fingerprint density at radius 3 is 3.00 bits per heavy atom. The highest BCUT2D eigenvalue weighted by Crippen LogP contribution is 2.44. The molecule has 0 bridgehead atoms. The number of fused-ring (bicyclic) bond motifs is 1. The van der Waals surface area contributed by atoms with Gasteiger partial charge in [-0.1, -0.05) is 24.6 Å². The van der Waals surface area contributed by atoms with E-state index in [1.54, 1.807) is 0 Å². The lowest BCUT2D eigenvalue weighted by Crippen LogP contribution is -2.30. The van der Waals surface area contributed by atoms with Gasteiger partial charge in [0.15, 0.2) is 0 Å². The van der Waals surface area contributed by atoms with E-state index in [9.17, 15) is 4.79 Å². The highest BCUT2D eigenvalue weighted by atomic mass is 16.1. The van der Waals surface area contributed by atoms with Gasteiger partial charge in [0, 0.05) is 0 Å². The SMILES string of the molecule is C=C(C=O)C1CCCC2CCC(C)=CC21. The largest absolute Gasteiger partial charge is 0.298 e. The van der Waals surface area contributed by atoms with Crippen LogP contribution in [0.4, 0.5) is 0 Å². The van der Waals surface area contributed by atoms with Crippen molar-refractivity contribution in [2.75, 3.05) is 0 Å². The summed E-state index contributed by atoms with van der Waals surface area (Å²) in [7, 11) is 0. The monoisotopic (exact) mass is 204 g/mol. The minimum Gasteiger partial charge on any atom is -0.298 e. The van der Waals surface area contributed by atoms with Crippen molar-refractivity contribution in [1.29, 1.82) is 0 Å². The number of hydrogen-bond donors (Lipinski definition) is 0. The summed E-state index contributed by atoms with van der Waals surface area (Å²) in [6, 6.07) is 0. The average Bonchev–Trinajstić information content (AvgIpc) is 2.27. The molecule has 2 rings (SSSR count). The van der Waals surface area contributed by atoms with Crippen LogP contribution in [-0.2, 0) is 4.79 Å². The summed E-state index contributed by atoms with van der Waals surface area (Å²) in [5.41, 5.74) is 2.32. The van der Waals surface area contributed by atoms with Crippen molar-refractivity contribution in [2.24, 2.45) is 17.8 Å². The molecule has 2 aliphatic carbocycles. The Bertz CT molecular complexity index is 300. The maximum atomic E-state index is 10.8. The number of carbonyl (C=O) groups is 1. The molecule has 1 heteroatoms. The molecule has 3 unspecified atom stereocenters. The van der Waals surface area contributed by atoms with Crippen LogP contribution >= 0.6 is 0 Å². The van der Waals surface area contributed by atoms with Crippen molar-refractivity contribution in [3.05, 3.63) is 23.8 Å². The Balaban J connectivity index is 2.20. The zero-order chi connectivity index (χ0) is 10.8. The lowest BCUT2D eigenvalue weighted by atomic mass is 9.65. The van der Waals surface area contributed by atoms with Crippen LogP contribution in [0.5, 0.6) is 0 Å². The maximum absolute atomic E-state index is 10.8. The van der Waals surface area contributed by atoms with Crippen LogP contribution < -0.4 is 0 Å². The van der Waals surface area contributed by atoms with Crippen LogP contribution in [0, 0.1) is 17.8 Å². The molecule has 2 aliphatic rings. The molecule has 0 aromatic rings. The van der Waals surface area contributed by atoms with Gasteiger partial charge >= 0.3 is 0 Å². The van der Waals surface area contributed by atoms with E-state index in [0.29, 0.717) is 11.8 Å². The molecule has 0 heterocycles. The predicted octanol–water partition coefficient (Wildman–Crippen LogP) is 3.51. The second-order valence-corrected chi connectivity index (χ2v) is 5.12. The van der Waals surface area contributed by atoms with Gasteiger partial charge in [0.05, 0.1) is 0 Å². The van der Waals surface area contributed by atoms with Crippen molar-refractivity contribution >= 4 is 6.29 Å². The fourth-order valence-electron chi connectivity index (χ4n) is 3.25.